The fraction of sp³-hybridized carbons (Fsp3) is 0.294. The maximum absolute atomic E-state index is 13.0. The highest BCUT2D eigenvalue weighted by atomic mass is 127. The molecule has 0 aliphatic carbocycles. The molecule has 0 spiro atoms. The average molecular weight is 418 g/mol. The van der Waals surface area contributed by atoms with Crippen molar-refractivity contribution in [3.8, 4) is 0 Å². The molecule has 0 radical (unpaired) electrons. The van der Waals surface area contributed by atoms with Crippen LogP contribution >= 0.6 is 34.2 Å². The molecule has 0 aliphatic rings. The van der Waals surface area contributed by atoms with E-state index in [0.717, 1.165) is 30.0 Å². The van der Waals surface area contributed by atoms with Crippen LogP contribution in [0.5, 0.6) is 0 Å². The molecule has 0 heterocycles. The highest BCUT2D eigenvalue weighted by Gasteiger charge is 2.15. The smallest absolute Gasteiger partial charge is 0.123 e. The monoisotopic (exact) mass is 417 g/mol. The van der Waals surface area contributed by atoms with Crippen LogP contribution in [-0.4, -0.2) is 6.54 Å². The van der Waals surface area contributed by atoms with Crippen LogP contribution in [0.4, 0.5) is 4.39 Å². The number of hydrogen-bond donors (Lipinski definition) is 1. The van der Waals surface area contributed by atoms with Gasteiger partial charge in [-0.15, -0.1) is 0 Å². The normalized spacial score (nSPS) is 12.4. The van der Waals surface area contributed by atoms with Gasteiger partial charge in [-0.3, -0.25) is 0 Å². The zero-order valence-electron chi connectivity index (χ0n) is 11.9. The number of rotatable bonds is 6. The van der Waals surface area contributed by atoms with Gasteiger partial charge in [0.1, 0.15) is 5.82 Å². The lowest BCUT2D eigenvalue weighted by atomic mass is 9.98. The summed E-state index contributed by atoms with van der Waals surface area (Å²) in [5, 5.41) is 4.30. The molecule has 2 aromatic carbocycles. The van der Waals surface area contributed by atoms with E-state index < -0.39 is 0 Å². The zero-order valence-corrected chi connectivity index (χ0v) is 14.8. The molecule has 112 valence electrons. The lowest BCUT2D eigenvalue weighted by Gasteiger charge is -2.21. The predicted molar refractivity (Wildman–Crippen MR) is 95.3 cm³/mol. The van der Waals surface area contributed by atoms with Crippen molar-refractivity contribution in [2.45, 2.75) is 25.8 Å². The maximum Gasteiger partial charge on any atom is 0.123 e. The molecule has 0 bridgehead atoms. The van der Waals surface area contributed by atoms with Gasteiger partial charge in [0.2, 0.25) is 0 Å². The third-order valence-electron chi connectivity index (χ3n) is 3.33. The third kappa shape index (κ3) is 4.94. The van der Waals surface area contributed by atoms with Gasteiger partial charge in [-0.25, -0.2) is 4.39 Å². The van der Waals surface area contributed by atoms with Crippen molar-refractivity contribution in [3.05, 3.63) is 68.0 Å². The van der Waals surface area contributed by atoms with E-state index in [9.17, 15) is 4.39 Å². The minimum atomic E-state index is -0.200. The SMILES string of the molecule is CCCNC(Cc1ccc(F)cc1)c1cc(Cl)ccc1I. The van der Waals surface area contributed by atoms with Crippen molar-refractivity contribution < 1.29 is 4.39 Å². The number of hydrogen-bond acceptors (Lipinski definition) is 1. The maximum atomic E-state index is 13.0. The first-order valence-electron chi connectivity index (χ1n) is 7.03. The number of benzene rings is 2. The summed E-state index contributed by atoms with van der Waals surface area (Å²) in [6.07, 6.45) is 1.88. The minimum absolute atomic E-state index is 0.181. The lowest BCUT2D eigenvalue weighted by molar-refractivity contribution is 0.527. The highest BCUT2D eigenvalue weighted by molar-refractivity contribution is 14.1. The molecule has 1 nitrogen and oxygen atoms in total. The fourth-order valence-corrected chi connectivity index (χ4v) is 3.14. The quantitative estimate of drug-likeness (QED) is 0.623. The van der Waals surface area contributed by atoms with E-state index in [1.54, 1.807) is 0 Å². The van der Waals surface area contributed by atoms with Gasteiger partial charge >= 0.3 is 0 Å². The van der Waals surface area contributed by atoms with E-state index in [-0.39, 0.29) is 11.9 Å². The minimum Gasteiger partial charge on any atom is -0.310 e. The second kappa shape index (κ2) is 8.11. The Balaban J connectivity index is 2.25. The van der Waals surface area contributed by atoms with E-state index >= 15 is 0 Å². The van der Waals surface area contributed by atoms with Crippen LogP contribution < -0.4 is 5.32 Å². The molecule has 0 saturated heterocycles. The molecule has 1 atom stereocenters. The lowest BCUT2D eigenvalue weighted by Crippen LogP contribution is -2.25. The summed E-state index contributed by atoms with van der Waals surface area (Å²) in [7, 11) is 0. The van der Waals surface area contributed by atoms with Crippen LogP contribution in [0.25, 0.3) is 0 Å². The molecule has 21 heavy (non-hydrogen) atoms. The summed E-state index contributed by atoms with van der Waals surface area (Å²) in [5.74, 6) is -0.200. The summed E-state index contributed by atoms with van der Waals surface area (Å²) < 4.78 is 14.2. The standard InChI is InChI=1S/C17H18ClFIN/c1-2-9-21-17(10-12-3-6-14(19)7-4-12)15-11-13(18)5-8-16(15)20/h3-8,11,17,21H,2,9-10H2,1H3. The Labute approximate surface area is 144 Å². The van der Waals surface area contributed by atoms with Gasteiger partial charge in [0.15, 0.2) is 0 Å². The highest BCUT2D eigenvalue weighted by Crippen LogP contribution is 2.26. The molecule has 1 N–H and O–H groups in total. The Morgan fingerprint density at radius 2 is 1.90 bits per heavy atom. The van der Waals surface area contributed by atoms with Crippen molar-refractivity contribution in [2.24, 2.45) is 0 Å². The van der Waals surface area contributed by atoms with Crippen LogP contribution in [0.1, 0.15) is 30.5 Å². The first-order chi connectivity index (χ1) is 10.1. The summed E-state index contributed by atoms with van der Waals surface area (Å²) in [6, 6.07) is 12.8. The van der Waals surface area contributed by atoms with Crippen molar-refractivity contribution in [1.82, 2.24) is 5.32 Å². The molecule has 2 aromatic rings. The van der Waals surface area contributed by atoms with Crippen molar-refractivity contribution in [1.29, 1.82) is 0 Å². The van der Waals surface area contributed by atoms with E-state index in [4.69, 9.17) is 11.6 Å². The summed E-state index contributed by atoms with van der Waals surface area (Å²) in [5.41, 5.74) is 2.31. The number of halogens is 3. The van der Waals surface area contributed by atoms with E-state index in [1.165, 1.54) is 21.3 Å². The second-order valence-corrected chi connectivity index (χ2v) is 6.60. The van der Waals surface area contributed by atoms with Gasteiger partial charge in [0.05, 0.1) is 0 Å². The predicted octanol–water partition coefficient (Wildman–Crippen LogP) is 5.37. The van der Waals surface area contributed by atoms with E-state index in [0.29, 0.717) is 0 Å². The molecule has 0 amide bonds. The van der Waals surface area contributed by atoms with Gasteiger partial charge in [-0.05, 0) is 83.4 Å². The first-order valence-corrected chi connectivity index (χ1v) is 8.48. The van der Waals surface area contributed by atoms with Crippen molar-refractivity contribution >= 4 is 34.2 Å². The van der Waals surface area contributed by atoms with Crippen molar-refractivity contribution in [3.63, 3.8) is 0 Å². The second-order valence-electron chi connectivity index (χ2n) is 5.00. The van der Waals surface area contributed by atoms with Crippen LogP contribution in [0.2, 0.25) is 5.02 Å². The summed E-state index contributed by atoms with van der Waals surface area (Å²) >= 11 is 8.47. The Hall–Kier alpha value is -0.650. The van der Waals surface area contributed by atoms with Crippen molar-refractivity contribution in [2.75, 3.05) is 6.54 Å². The Morgan fingerprint density at radius 1 is 1.19 bits per heavy atom. The van der Waals surface area contributed by atoms with Gasteiger partial charge in [0.25, 0.3) is 0 Å². The average Bonchev–Trinajstić information content (AvgIpc) is 2.48. The topological polar surface area (TPSA) is 12.0 Å². The molecule has 4 heteroatoms. The Bertz CT molecular complexity index is 586. The Morgan fingerprint density at radius 3 is 2.57 bits per heavy atom. The van der Waals surface area contributed by atoms with Crippen LogP contribution in [0.15, 0.2) is 42.5 Å². The van der Waals surface area contributed by atoms with Crippen LogP contribution in [0.3, 0.4) is 0 Å². The van der Waals surface area contributed by atoms with E-state index in [2.05, 4.69) is 34.8 Å². The third-order valence-corrected chi connectivity index (χ3v) is 4.54. The van der Waals surface area contributed by atoms with Crippen LogP contribution in [-0.2, 0) is 6.42 Å². The van der Waals surface area contributed by atoms with E-state index in [1.807, 2.05) is 30.3 Å². The van der Waals surface area contributed by atoms with Gasteiger partial charge < -0.3 is 5.32 Å². The Kier molecular flexibility index (Phi) is 6.45. The van der Waals surface area contributed by atoms with Gasteiger partial charge in [-0.2, -0.15) is 0 Å². The van der Waals surface area contributed by atoms with Crippen LogP contribution in [0, 0.1) is 9.39 Å². The molecule has 2 rings (SSSR count). The largest absolute Gasteiger partial charge is 0.310 e. The molecule has 0 aromatic heterocycles. The summed E-state index contributed by atoms with van der Waals surface area (Å²) in [4.78, 5) is 0. The molecule has 0 aliphatic heterocycles. The summed E-state index contributed by atoms with van der Waals surface area (Å²) in [6.45, 7) is 3.08. The first kappa shape index (κ1) is 16.7. The fourth-order valence-electron chi connectivity index (χ4n) is 2.25. The molecule has 1 unspecified atom stereocenters. The molecule has 0 fully saturated rings. The van der Waals surface area contributed by atoms with Gasteiger partial charge in [0, 0.05) is 14.6 Å². The molecule has 0 saturated carbocycles. The molecular weight excluding hydrogens is 400 g/mol. The molecular formula is C17H18ClFIN. The van der Waals surface area contributed by atoms with Gasteiger partial charge in [-0.1, -0.05) is 30.7 Å². The zero-order chi connectivity index (χ0) is 15.2. The number of nitrogens with one attached hydrogen (secondary N) is 1.